The lowest BCUT2D eigenvalue weighted by atomic mass is 9.96. The molecule has 0 radical (unpaired) electrons. The van der Waals surface area contributed by atoms with Gasteiger partial charge in [0.05, 0.1) is 24.5 Å². The highest BCUT2D eigenvalue weighted by Gasteiger charge is 2.42. The lowest BCUT2D eigenvalue weighted by Crippen LogP contribution is -2.38. The van der Waals surface area contributed by atoms with Crippen molar-refractivity contribution in [3.8, 4) is 0 Å². The van der Waals surface area contributed by atoms with Crippen LogP contribution in [0.4, 0.5) is 4.79 Å². The SMILES string of the molecule is COC(=O)[C@@H]1CS(=O)(=O)C[C@H]1CNC(=O)OC(C)(C)C. The summed E-state index contributed by atoms with van der Waals surface area (Å²) >= 11 is 0. The Hall–Kier alpha value is -1.31. The first-order valence-corrected chi connectivity index (χ1v) is 8.11. The molecule has 0 aromatic heterocycles. The average Bonchev–Trinajstić information content (AvgIpc) is 2.59. The van der Waals surface area contributed by atoms with Gasteiger partial charge in [0, 0.05) is 12.5 Å². The van der Waals surface area contributed by atoms with Crippen LogP contribution >= 0.6 is 0 Å². The monoisotopic (exact) mass is 307 g/mol. The van der Waals surface area contributed by atoms with E-state index in [-0.39, 0.29) is 18.1 Å². The fourth-order valence-corrected chi connectivity index (χ4v) is 4.16. The van der Waals surface area contributed by atoms with Crippen LogP contribution < -0.4 is 5.32 Å². The van der Waals surface area contributed by atoms with E-state index in [2.05, 4.69) is 10.1 Å². The van der Waals surface area contributed by atoms with Gasteiger partial charge in [0.15, 0.2) is 9.84 Å². The molecule has 0 aromatic carbocycles. The first-order valence-electron chi connectivity index (χ1n) is 6.29. The summed E-state index contributed by atoms with van der Waals surface area (Å²) in [5, 5.41) is 2.49. The van der Waals surface area contributed by atoms with E-state index in [0.29, 0.717) is 0 Å². The van der Waals surface area contributed by atoms with E-state index in [4.69, 9.17) is 4.74 Å². The molecule has 116 valence electrons. The molecule has 8 heteroatoms. The summed E-state index contributed by atoms with van der Waals surface area (Å²) in [4.78, 5) is 23.1. The summed E-state index contributed by atoms with van der Waals surface area (Å²) in [6, 6.07) is 0. The van der Waals surface area contributed by atoms with E-state index >= 15 is 0 Å². The van der Waals surface area contributed by atoms with Gasteiger partial charge < -0.3 is 14.8 Å². The predicted molar refractivity (Wildman–Crippen MR) is 71.9 cm³/mol. The summed E-state index contributed by atoms with van der Waals surface area (Å²) in [6.07, 6.45) is -0.634. The standard InChI is InChI=1S/C12H21NO6S/c1-12(2,3)19-11(15)13-5-8-6-20(16,17)7-9(8)10(14)18-4/h8-9H,5-7H2,1-4H3,(H,13,15)/t8-,9-/m1/s1. The molecule has 2 atom stereocenters. The number of methoxy groups -OCH3 is 1. The minimum atomic E-state index is -3.28. The Balaban J connectivity index is 2.61. The molecule has 0 unspecified atom stereocenters. The highest BCUT2D eigenvalue weighted by atomic mass is 32.2. The van der Waals surface area contributed by atoms with E-state index in [1.54, 1.807) is 20.8 Å². The van der Waals surface area contributed by atoms with Crippen LogP contribution in [0.15, 0.2) is 0 Å². The third-order valence-electron chi connectivity index (χ3n) is 2.88. The molecule has 0 aromatic rings. The molecule has 1 heterocycles. The van der Waals surface area contributed by atoms with Crippen molar-refractivity contribution in [2.45, 2.75) is 26.4 Å². The van der Waals surface area contributed by atoms with Crippen molar-refractivity contribution in [3.05, 3.63) is 0 Å². The van der Waals surface area contributed by atoms with Crippen molar-refractivity contribution >= 4 is 21.9 Å². The molecule has 1 amide bonds. The minimum Gasteiger partial charge on any atom is -0.469 e. The maximum absolute atomic E-state index is 11.6. The topological polar surface area (TPSA) is 98.8 Å². The van der Waals surface area contributed by atoms with Gasteiger partial charge in [-0.25, -0.2) is 13.2 Å². The first-order chi connectivity index (χ1) is 9.04. The van der Waals surface area contributed by atoms with Crippen molar-refractivity contribution in [1.82, 2.24) is 5.32 Å². The molecule has 0 aliphatic carbocycles. The molecule has 0 saturated carbocycles. The number of carbonyl (C=O) groups excluding carboxylic acids is 2. The summed E-state index contributed by atoms with van der Waals surface area (Å²) < 4.78 is 32.8. The Labute approximate surface area is 118 Å². The fourth-order valence-electron chi connectivity index (χ4n) is 2.06. The van der Waals surface area contributed by atoms with Gasteiger partial charge in [-0.3, -0.25) is 4.79 Å². The van der Waals surface area contributed by atoms with Crippen LogP contribution in [0.1, 0.15) is 20.8 Å². The number of rotatable bonds is 3. The van der Waals surface area contributed by atoms with E-state index in [1.165, 1.54) is 7.11 Å². The molecule has 1 saturated heterocycles. The normalized spacial score (nSPS) is 25.0. The van der Waals surface area contributed by atoms with Gasteiger partial charge in [0.1, 0.15) is 5.60 Å². The zero-order valence-corrected chi connectivity index (χ0v) is 13.0. The van der Waals surface area contributed by atoms with Crippen LogP contribution in [0.3, 0.4) is 0 Å². The van der Waals surface area contributed by atoms with Crippen molar-refractivity contribution in [2.75, 3.05) is 25.2 Å². The fraction of sp³-hybridized carbons (Fsp3) is 0.833. The molecular formula is C12H21NO6S. The lowest BCUT2D eigenvalue weighted by molar-refractivity contribution is -0.145. The smallest absolute Gasteiger partial charge is 0.407 e. The molecule has 1 rings (SSSR count). The molecule has 1 fully saturated rings. The number of hydrogen-bond acceptors (Lipinski definition) is 6. The minimum absolute atomic E-state index is 0.0634. The molecule has 1 aliphatic heterocycles. The first kappa shape index (κ1) is 16.7. The molecule has 0 spiro atoms. The van der Waals surface area contributed by atoms with E-state index in [1.807, 2.05) is 0 Å². The Morgan fingerprint density at radius 2 is 1.85 bits per heavy atom. The predicted octanol–water partition coefficient (Wildman–Crippen LogP) is 0.345. The zero-order chi connectivity index (χ0) is 15.6. The highest BCUT2D eigenvalue weighted by molar-refractivity contribution is 7.91. The third kappa shape index (κ3) is 4.99. The summed E-state index contributed by atoms with van der Waals surface area (Å²) in [5.41, 5.74) is -0.631. The van der Waals surface area contributed by atoms with Crippen LogP contribution in [0.25, 0.3) is 0 Å². The van der Waals surface area contributed by atoms with Crippen LogP contribution in [-0.4, -0.2) is 51.2 Å². The number of hydrogen-bond donors (Lipinski definition) is 1. The molecule has 20 heavy (non-hydrogen) atoms. The number of alkyl carbamates (subject to hydrolysis) is 1. The summed E-state index contributed by atoms with van der Waals surface area (Å²) in [7, 11) is -2.06. The zero-order valence-electron chi connectivity index (χ0n) is 12.1. The number of esters is 1. The lowest BCUT2D eigenvalue weighted by Gasteiger charge is -2.21. The quantitative estimate of drug-likeness (QED) is 0.755. The van der Waals surface area contributed by atoms with Crippen molar-refractivity contribution in [2.24, 2.45) is 11.8 Å². The van der Waals surface area contributed by atoms with Gasteiger partial charge in [-0.05, 0) is 20.8 Å². The number of ether oxygens (including phenoxy) is 2. The molecular weight excluding hydrogens is 286 g/mol. The molecule has 0 bridgehead atoms. The third-order valence-corrected chi connectivity index (χ3v) is 4.68. The Kier molecular flexibility index (Phi) is 5.01. The van der Waals surface area contributed by atoms with Crippen molar-refractivity contribution in [1.29, 1.82) is 0 Å². The van der Waals surface area contributed by atoms with E-state index in [9.17, 15) is 18.0 Å². The van der Waals surface area contributed by atoms with Crippen LogP contribution in [0.2, 0.25) is 0 Å². The highest BCUT2D eigenvalue weighted by Crippen LogP contribution is 2.26. The largest absolute Gasteiger partial charge is 0.469 e. The van der Waals surface area contributed by atoms with Gasteiger partial charge in [-0.1, -0.05) is 0 Å². The van der Waals surface area contributed by atoms with Gasteiger partial charge in [-0.15, -0.1) is 0 Å². The molecule has 1 aliphatic rings. The maximum atomic E-state index is 11.6. The van der Waals surface area contributed by atoms with Crippen LogP contribution in [0.5, 0.6) is 0 Å². The van der Waals surface area contributed by atoms with Gasteiger partial charge in [0.2, 0.25) is 0 Å². The second-order valence-electron chi connectivity index (χ2n) is 5.85. The number of nitrogens with one attached hydrogen (secondary N) is 1. The summed E-state index contributed by atoms with van der Waals surface area (Å²) in [6.45, 7) is 5.24. The second kappa shape index (κ2) is 5.99. The van der Waals surface area contributed by atoms with Gasteiger partial charge >= 0.3 is 12.1 Å². The van der Waals surface area contributed by atoms with Crippen molar-refractivity contribution < 1.29 is 27.5 Å². The van der Waals surface area contributed by atoms with Crippen molar-refractivity contribution in [3.63, 3.8) is 0 Å². The number of sulfone groups is 1. The molecule has 7 nitrogen and oxygen atoms in total. The average molecular weight is 307 g/mol. The Morgan fingerprint density at radius 3 is 2.35 bits per heavy atom. The maximum Gasteiger partial charge on any atom is 0.407 e. The van der Waals surface area contributed by atoms with Crippen LogP contribution in [0, 0.1) is 11.8 Å². The molecule has 1 N–H and O–H groups in total. The van der Waals surface area contributed by atoms with E-state index < -0.39 is 39.3 Å². The summed E-state index contributed by atoms with van der Waals surface area (Å²) in [5.74, 6) is -2.16. The Morgan fingerprint density at radius 1 is 1.25 bits per heavy atom. The van der Waals surface area contributed by atoms with E-state index in [0.717, 1.165) is 0 Å². The van der Waals surface area contributed by atoms with Gasteiger partial charge in [-0.2, -0.15) is 0 Å². The Bertz CT molecular complexity index is 479. The number of amides is 1. The van der Waals surface area contributed by atoms with Crippen LogP contribution in [-0.2, 0) is 24.1 Å². The number of carbonyl (C=O) groups is 2. The van der Waals surface area contributed by atoms with Gasteiger partial charge in [0.25, 0.3) is 0 Å². The second-order valence-corrected chi connectivity index (χ2v) is 8.00.